The maximum atomic E-state index is 13.5. The molecule has 3 N–H and O–H groups in total. The second kappa shape index (κ2) is 6.16. The van der Waals surface area contributed by atoms with Crippen molar-refractivity contribution in [2.75, 3.05) is 0 Å². The summed E-state index contributed by atoms with van der Waals surface area (Å²) < 4.78 is 13.5. The summed E-state index contributed by atoms with van der Waals surface area (Å²) in [5.41, 5.74) is 8.26. The van der Waals surface area contributed by atoms with E-state index in [4.69, 9.17) is 5.84 Å². The van der Waals surface area contributed by atoms with Gasteiger partial charge in [0.1, 0.15) is 5.82 Å². The van der Waals surface area contributed by atoms with Crippen LogP contribution in [0.4, 0.5) is 4.39 Å². The largest absolute Gasteiger partial charge is 0.271 e. The average molecular weight is 272 g/mol. The van der Waals surface area contributed by atoms with Crippen molar-refractivity contribution in [1.82, 2.24) is 5.43 Å². The first-order valence-electron chi connectivity index (χ1n) is 6.79. The molecule has 1 atom stereocenters. The van der Waals surface area contributed by atoms with Crippen LogP contribution in [-0.2, 0) is 6.42 Å². The van der Waals surface area contributed by atoms with Crippen LogP contribution in [0.3, 0.4) is 0 Å². The minimum Gasteiger partial charge on any atom is -0.271 e. The fraction of sp³-hybridized carbons (Fsp3) is 0.294. The molecule has 1 unspecified atom stereocenters. The van der Waals surface area contributed by atoms with Gasteiger partial charge in [0.25, 0.3) is 0 Å². The molecule has 0 aliphatic heterocycles. The highest BCUT2D eigenvalue weighted by molar-refractivity contribution is 5.33. The smallest absolute Gasteiger partial charge is 0.123 e. The molecule has 0 aliphatic rings. The fourth-order valence-electron chi connectivity index (χ4n) is 2.48. The number of aryl methyl sites for hydroxylation is 3. The van der Waals surface area contributed by atoms with E-state index < -0.39 is 0 Å². The highest BCUT2D eigenvalue weighted by Gasteiger charge is 2.13. The number of nitrogens with two attached hydrogens (primary N) is 1. The first kappa shape index (κ1) is 14.7. The van der Waals surface area contributed by atoms with Crippen LogP contribution in [0.15, 0.2) is 36.4 Å². The topological polar surface area (TPSA) is 38.0 Å². The molecule has 0 fully saturated rings. The second-order valence-electron chi connectivity index (χ2n) is 5.42. The highest BCUT2D eigenvalue weighted by atomic mass is 19.1. The minimum atomic E-state index is -0.221. The molecule has 2 aromatic carbocycles. The molecule has 0 aromatic heterocycles. The van der Waals surface area contributed by atoms with Gasteiger partial charge >= 0.3 is 0 Å². The van der Waals surface area contributed by atoms with Gasteiger partial charge in [0, 0.05) is 0 Å². The molecule has 2 nitrogen and oxygen atoms in total. The van der Waals surface area contributed by atoms with Gasteiger partial charge in [-0.25, -0.2) is 4.39 Å². The molecule has 106 valence electrons. The van der Waals surface area contributed by atoms with E-state index in [0.717, 1.165) is 17.5 Å². The fourth-order valence-corrected chi connectivity index (χ4v) is 2.48. The van der Waals surface area contributed by atoms with Crippen LogP contribution in [0.25, 0.3) is 0 Å². The molecule has 0 amide bonds. The minimum absolute atomic E-state index is 0.0927. The van der Waals surface area contributed by atoms with Gasteiger partial charge in [0.15, 0.2) is 0 Å². The van der Waals surface area contributed by atoms with Crippen LogP contribution in [0.2, 0.25) is 0 Å². The number of hydrogen-bond acceptors (Lipinski definition) is 2. The maximum absolute atomic E-state index is 13.5. The lowest BCUT2D eigenvalue weighted by Gasteiger charge is -2.19. The summed E-state index contributed by atoms with van der Waals surface area (Å²) in [7, 11) is 0. The number of nitrogens with one attached hydrogen (secondary N) is 1. The quantitative estimate of drug-likeness (QED) is 0.660. The molecule has 0 saturated carbocycles. The number of benzene rings is 2. The summed E-state index contributed by atoms with van der Waals surface area (Å²) in [4.78, 5) is 0. The molecule has 0 saturated heterocycles. The molecule has 0 bridgehead atoms. The van der Waals surface area contributed by atoms with Gasteiger partial charge in [-0.2, -0.15) is 0 Å². The zero-order chi connectivity index (χ0) is 14.7. The van der Waals surface area contributed by atoms with E-state index in [2.05, 4.69) is 37.5 Å². The predicted molar refractivity (Wildman–Crippen MR) is 80.8 cm³/mol. The molecule has 3 heteroatoms. The van der Waals surface area contributed by atoms with E-state index in [0.29, 0.717) is 0 Å². The zero-order valence-electron chi connectivity index (χ0n) is 12.2. The number of hydrazine groups is 1. The highest BCUT2D eigenvalue weighted by Crippen LogP contribution is 2.22. The molecule has 0 aliphatic carbocycles. The Labute approximate surface area is 119 Å². The number of rotatable bonds is 4. The van der Waals surface area contributed by atoms with Crippen LogP contribution < -0.4 is 11.3 Å². The molecule has 0 spiro atoms. The van der Waals surface area contributed by atoms with Gasteiger partial charge in [-0.05, 0) is 61.6 Å². The van der Waals surface area contributed by atoms with E-state index in [1.807, 2.05) is 13.0 Å². The summed E-state index contributed by atoms with van der Waals surface area (Å²) in [5, 5.41) is 0. The Morgan fingerprint density at radius 3 is 2.45 bits per heavy atom. The van der Waals surface area contributed by atoms with Crippen LogP contribution in [0.1, 0.15) is 33.9 Å². The van der Waals surface area contributed by atoms with Crippen LogP contribution in [0, 0.1) is 26.6 Å². The monoisotopic (exact) mass is 272 g/mol. The number of hydrogen-bond donors (Lipinski definition) is 2. The molecular formula is C17H21FN2. The SMILES string of the molecule is Cc1cc(F)cc(C(Cc2cc(C)ccc2C)NN)c1. The maximum Gasteiger partial charge on any atom is 0.123 e. The third-order valence-corrected chi connectivity index (χ3v) is 3.60. The van der Waals surface area contributed by atoms with Crippen molar-refractivity contribution in [2.24, 2.45) is 5.84 Å². The second-order valence-corrected chi connectivity index (χ2v) is 5.42. The van der Waals surface area contributed by atoms with Crippen molar-refractivity contribution < 1.29 is 4.39 Å². The zero-order valence-corrected chi connectivity index (χ0v) is 12.2. The Balaban J connectivity index is 2.30. The van der Waals surface area contributed by atoms with Crippen molar-refractivity contribution in [3.63, 3.8) is 0 Å². The van der Waals surface area contributed by atoms with Crippen molar-refractivity contribution in [2.45, 2.75) is 33.2 Å². The number of halogens is 1. The summed E-state index contributed by atoms with van der Waals surface area (Å²) in [6, 6.07) is 11.3. The Kier molecular flexibility index (Phi) is 4.53. The molecule has 2 aromatic rings. The molecular weight excluding hydrogens is 251 g/mol. The van der Waals surface area contributed by atoms with Crippen molar-refractivity contribution in [1.29, 1.82) is 0 Å². The van der Waals surface area contributed by atoms with E-state index in [1.54, 1.807) is 6.07 Å². The summed E-state index contributed by atoms with van der Waals surface area (Å²) in [6.07, 6.45) is 0.743. The molecule has 2 rings (SSSR count). The average Bonchev–Trinajstić information content (AvgIpc) is 2.38. The van der Waals surface area contributed by atoms with Gasteiger partial charge in [-0.1, -0.05) is 29.8 Å². The summed E-state index contributed by atoms with van der Waals surface area (Å²) in [5.74, 6) is 5.45. The van der Waals surface area contributed by atoms with Crippen molar-refractivity contribution >= 4 is 0 Å². The van der Waals surface area contributed by atoms with Gasteiger partial charge in [-0.3, -0.25) is 11.3 Å². The van der Waals surface area contributed by atoms with Crippen LogP contribution in [-0.4, -0.2) is 0 Å². The Bertz CT molecular complexity index is 588. The van der Waals surface area contributed by atoms with Crippen LogP contribution in [0.5, 0.6) is 0 Å². The van der Waals surface area contributed by atoms with Crippen molar-refractivity contribution in [3.8, 4) is 0 Å². The van der Waals surface area contributed by atoms with Gasteiger partial charge in [-0.15, -0.1) is 0 Å². The van der Waals surface area contributed by atoms with E-state index in [1.165, 1.54) is 22.8 Å². The summed E-state index contributed by atoms with van der Waals surface area (Å²) >= 11 is 0. The third-order valence-electron chi connectivity index (χ3n) is 3.60. The Hall–Kier alpha value is -1.71. The third kappa shape index (κ3) is 3.44. The predicted octanol–water partition coefficient (Wildman–Crippen LogP) is 3.50. The van der Waals surface area contributed by atoms with Crippen molar-refractivity contribution in [3.05, 3.63) is 70.0 Å². The van der Waals surface area contributed by atoms with Gasteiger partial charge < -0.3 is 0 Å². The Morgan fingerprint density at radius 2 is 1.80 bits per heavy atom. The molecule has 20 heavy (non-hydrogen) atoms. The lowest BCUT2D eigenvalue weighted by molar-refractivity contribution is 0.543. The van der Waals surface area contributed by atoms with Gasteiger partial charge in [0.05, 0.1) is 6.04 Å². The van der Waals surface area contributed by atoms with Gasteiger partial charge in [0.2, 0.25) is 0 Å². The molecule has 0 heterocycles. The van der Waals surface area contributed by atoms with E-state index >= 15 is 0 Å². The lowest BCUT2D eigenvalue weighted by Crippen LogP contribution is -2.30. The normalized spacial score (nSPS) is 12.4. The van der Waals surface area contributed by atoms with Crippen LogP contribution >= 0.6 is 0 Å². The van der Waals surface area contributed by atoms with E-state index in [9.17, 15) is 4.39 Å². The molecule has 0 radical (unpaired) electrons. The standard InChI is InChI=1S/C17H21FN2/c1-11-4-5-13(3)14(6-11)10-17(20-19)15-7-12(2)8-16(18)9-15/h4-9,17,20H,10,19H2,1-3H3. The van der Waals surface area contributed by atoms with E-state index in [-0.39, 0.29) is 11.9 Å². The lowest BCUT2D eigenvalue weighted by atomic mass is 9.94. The summed E-state index contributed by atoms with van der Waals surface area (Å²) in [6.45, 7) is 6.04. The first-order chi connectivity index (χ1) is 9.49. The Morgan fingerprint density at radius 1 is 1.05 bits per heavy atom. The first-order valence-corrected chi connectivity index (χ1v) is 6.79.